The molecule has 2 N–H and O–H groups in total. The molecule has 3 saturated carbocycles. The van der Waals surface area contributed by atoms with Crippen molar-refractivity contribution >= 4 is 23.2 Å². The number of hydrogen-bond acceptors (Lipinski definition) is 4. The molecular weight excluding hydrogens is 383 g/mol. The Kier molecular flexibility index (Phi) is 4.33. The fraction of sp³-hybridized carbons (Fsp3) is 0.727. The fourth-order valence-electron chi connectivity index (χ4n) is 7.24. The summed E-state index contributed by atoms with van der Waals surface area (Å²) in [4.78, 5) is 24.5. The molecular formula is C22H28ClFO4. The first-order chi connectivity index (χ1) is 13.0. The number of alkyl halides is 2. The zero-order valence-corrected chi connectivity index (χ0v) is 17.3. The number of halogens is 2. The number of carbonyl (C=O) groups is 2. The number of ketones is 2. The highest BCUT2D eigenvalue weighted by atomic mass is 35.5. The summed E-state index contributed by atoms with van der Waals surface area (Å²) in [6, 6.07) is 0. The Hall–Kier alpha value is -1.04. The standard InChI is InChI=1S/C22H28ClFO4/c1-12-8-16-15-5-4-13-9-14(25)6-7-19(13,2)21(15,24)17(26)10-20(16,3)22(12,28)18(27)11-23/h6-7,9,12,15-17,26,28H,4-5,8,10-11H2,1-3H3/t12-,15-,16-,17+,19+,20+,21-,22-/m1/s1. The first-order valence-corrected chi connectivity index (χ1v) is 10.6. The monoisotopic (exact) mass is 410 g/mol. The van der Waals surface area contributed by atoms with Crippen LogP contribution in [0.15, 0.2) is 23.8 Å². The van der Waals surface area contributed by atoms with Gasteiger partial charge in [-0.15, -0.1) is 11.6 Å². The van der Waals surface area contributed by atoms with Crippen LogP contribution in [0.5, 0.6) is 0 Å². The van der Waals surface area contributed by atoms with Crippen LogP contribution in [0.2, 0.25) is 0 Å². The Morgan fingerprint density at radius 3 is 2.68 bits per heavy atom. The van der Waals surface area contributed by atoms with Crippen molar-refractivity contribution in [3.05, 3.63) is 23.8 Å². The van der Waals surface area contributed by atoms with Crippen molar-refractivity contribution in [1.82, 2.24) is 0 Å². The summed E-state index contributed by atoms with van der Waals surface area (Å²) >= 11 is 5.81. The Balaban J connectivity index is 1.84. The van der Waals surface area contributed by atoms with Gasteiger partial charge in [0.2, 0.25) is 0 Å². The highest BCUT2D eigenvalue weighted by Gasteiger charge is 2.75. The van der Waals surface area contributed by atoms with Crippen molar-refractivity contribution in [3.8, 4) is 0 Å². The molecule has 3 fully saturated rings. The van der Waals surface area contributed by atoms with Gasteiger partial charge in [0, 0.05) is 16.7 Å². The molecule has 154 valence electrons. The van der Waals surface area contributed by atoms with E-state index in [1.54, 1.807) is 13.0 Å². The first kappa shape index (κ1) is 20.2. The molecule has 0 spiro atoms. The maximum atomic E-state index is 16.9. The maximum Gasteiger partial charge on any atom is 0.179 e. The van der Waals surface area contributed by atoms with Crippen LogP contribution in [0.25, 0.3) is 0 Å². The van der Waals surface area contributed by atoms with Crippen LogP contribution in [-0.2, 0) is 9.59 Å². The Morgan fingerprint density at radius 2 is 2.04 bits per heavy atom. The van der Waals surface area contributed by atoms with Crippen LogP contribution in [0.1, 0.15) is 46.5 Å². The van der Waals surface area contributed by atoms with Crippen molar-refractivity contribution in [2.45, 2.75) is 63.8 Å². The van der Waals surface area contributed by atoms with Gasteiger partial charge in [0.25, 0.3) is 0 Å². The molecule has 4 aliphatic carbocycles. The molecule has 4 rings (SSSR count). The van der Waals surface area contributed by atoms with Crippen LogP contribution in [-0.4, -0.2) is 45.0 Å². The van der Waals surface area contributed by atoms with E-state index >= 15 is 4.39 Å². The van der Waals surface area contributed by atoms with E-state index in [2.05, 4.69) is 0 Å². The average molecular weight is 411 g/mol. The highest BCUT2D eigenvalue weighted by molar-refractivity contribution is 6.29. The second-order valence-electron chi connectivity index (χ2n) is 9.72. The van der Waals surface area contributed by atoms with Crippen LogP contribution in [0, 0.1) is 28.6 Å². The molecule has 0 amide bonds. The number of carbonyl (C=O) groups excluding carboxylic acids is 2. The van der Waals surface area contributed by atoms with Gasteiger partial charge in [0.15, 0.2) is 17.2 Å². The van der Waals surface area contributed by atoms with Crippen molar-refractivity contribution in [3.63, 3.8) is 0 Å². The van der Waals surface area contributed by atoms with Crippen LogP contribution >= 0.6 is 11.6 Å². The van der Waals surface area contributed by atoms with E-state index in [0.717, 1.165) is 5.57 Å². The molecule has 6 heteroatoms. The quantitative estimate of drug-likeness (QED) is 0.686. The van der Waals surface area contributed by atoms with Crippen molar-refractivity contribution in [2.24, 2.45) is 28.6 Å². The Morgan fingerprint density at radius 1 is 1.36 bits per heavy atom. The number of rotatable bonds is 2. The van der Waals surface area contributed by atoms with Gasteiger partial charge in [0.05, 0.1) is 12.0 Å². The lowest BCUT2D eigenvalue weighted by Crippen LogP contribution is -2.69. The predicted molar refractivity (Wildman–Crippen MR) is 104 cm³/mol. The van der Waals surface area contributed by atoms with Crippen molar-refractivity contribution in [2.75, 3.05) is 5.88 Å². The van der Waals surface area contributed by atoms with E-state index in [0.29, 0.717) is 19.3 Å². The molecule has 28 heavy (non-hydrogen) atoms. The minimum atomic E-state index is -1.95. The predicted octanol–water partition coefficient (Wildman–Crippen LogP) is 3.14. The van der Waals surface area contributed by atoms with Gasteiger partial charge in [-0.2, -0.15) is 0 Å². The molecule has 0 aromatic rings. The topological polar surface area (TPSA) is 74.6 Å². The van der Waals surface area contributed by atoms with Gasteiger partial charge >= 0.3 is 0 Å². The lowest BCUT2D eigenvalue weighted by atomic mass is 9.44. The van der Waals surface area contributed by atoms with Gasteiger partial charge in [-0.05, 0) is 56.6 Å². The van der Waals surface area contributed by atoms with E-state index in [1.807, 2.05) is 13.8 Å². The SMILES string of the molecule is C[C@@H]1C[C@@H]2[C@H]3CCC4=CC(=O)C=C[C@]4(C)[C@]3(F)[C@@H](O)C[C@]2(C)[C@]1(O)C(=O)CCl. The minimum Gasteiger partial charge on any atom is -0.390 e. The summed E-state index contributed by atoms with van der Waals surface area (Å²) in [5.41, 5.74) is -4.90. The lowest BCUT2D eigenvalue weighted by Gasteiger charge is -2.62. The maximum absolute atomic E-state index is 16.9. The van der Waals surface area contributed by atoms with Crippen LogP contribution in [0.4, 0.5) is 4.39 Å². The third kappa shape index (κ3) is 2.08. The van der Waals surface area contributed by atoms with E-state index < -0.39 is 39.9 Å². The molecule has 8 atom stereocenters. The highest BCUT2D eigenvalue weighted by Crippen LogP contribution is 2.70. The van der Waals surface area contributed by atoms with Gasteiger partial charge in [-0.25, -0.2) is 4.39 Å². The Labute approximate surface area is 169 Å². The summed E-state index contributed by atoms with van der Waals surface area (Å²) in [7, 11) is 0. The summed E-state index contributed by atoms with van der Waals surface area (Å²) in [5, 5.41) is 22.6. The number of Topliss-reactive ketones (excluding diaryl/α,β-unsaturated/α-hetero) is 1. The third-order valence-corrected chi connectivity index (χ3v) is 9.01. The number of fused-ring (bicyclic) bond motifs is 5. The van der Waals surface area contributed by atoms with Crippen LogP contribution < -0.4 is 0 Å². The van der Waals surface area contributed by atoms with Gasteiger partial charge in [0.1, 0.15) is 5.60 Å². The van der Waals surface area contributed by atoms with Gasteiger partial charge in [-0.3, -0.25) is 9.59 Å². The summed E-state index contributed by atoms with van der Waals surface area (Å²) in [5.74, 6) is -2.03. The summed E-state index contributed by atoms with van der Waals surface area (Å²) < 4.78 is 16.9. The average Bonchev–Trinajstić information content (AvgIpc) is 2.84. The van der Waals surface area contributed by atoms with Gasteiger partial charge in [-0.1, -0.05) is 25.5 Å². The molecule has 0 aromatic carbocycles. The zero-order chi connectivity index (χ0) is 20.7. The van der Waals surface area contributed by atoms with E-state index in [4.69, 9.17) is 11.6 Å². The van der Waals surface area contributed by atoms with Crippen LogP contribution in [0.3, 0.4) is 0 Å². The molecule has 0 heterocycles. The summed E-state index contributed by atoms with van der Waals surface area (Å²) in [6.45, 7) is 5.38. The molecule has 4 nitrogen and oxygen atoms in total. The number of aliphatic hydroxyl groups excluding tert-OH is 1. The number of hydrogen-bond donors (Lipinski definition) is 2. The smallest absolute Gasteiger partial charge is 0.179 e. The second-order valence-corrected chi connectivity index (χ2v) is 9.99. The van der Waals surface area contributed by atoms with Gasteiger partial charge < -0.3 is 10.2 Å². The molecule has 4 aliphatic rings. The van der Waals surface area contributed by atoms with E-state index in [-0.39, 0.29) is 29.9 Å². The Bertz CT molecular complexity index is 808. The molecule has 0 aromatic heterocycles. The molecule has 0 aliphatic heterocycles. The number of allylic oxidation sites excluding steroid dienone is 4. The normalized spacial score (nSPS) is 52.5. The largest absolute Gasteiger partial charge is 0.390 e. The minimum absolute atomic E-state index is 0.0151. The first-order valence-electron chi connectivity index (χ1n) is 10.1. The molecule has 0 radical (unpaired) electrons. The second kappa shape index (κ2) is 5.99. The number of aliphatic hydroxyl groups is 2. The van der Waals surface area contributed by atoms with Crippen molar-refractivity contribution in [1.29, 1.82) is 0 Å². The van der Waals surface area contributed by atoms with E-state index in [1.165, 1.54) is 12.2 Å². The zero-order valence-electron chi connectivity index (χ0n) is 16.5. The third-order valence-electron chi connectivity index (χ3n) is 8.77. The molecule has 0 bridgehead atoms. The molecule has 0 saturated heterocycles. The molecule has 0 unspecified atom stereocenters. The lowest BCUT2D eigenvalue weighted by molar-refractivity contribution is -0.218. The fourth-order valence-corrected chi connectivity index (χ4v) is 7.45. The summed E-state index contributed by atoms with van der Waals surface area (Å²) in [6.07, 6.45) is 4.69. The van der Waals surface area contributed by atoms with Crippen molar-refractivity contribution < 1.29 is 24.2 Å². The van der Waals surface area contributed by atoms with E-state index in [9.17, 15) is 19.8 Å².